The van der Waals surface area contributed by atoms with Crippen LogP contribution in [0.2, 0.25) is 0 Å². The van der Waals surface area contributed by atoms with Gasteiger partial charge in [-0.2, -0.15) is 0 Å². The average Bonchev–Trinajstić information content (AvgIpc) is 2.70. The van der Waals surface area contributed by atoms with Crippen LogP contribution in [0.5, 0.6) is 0 Å². The quantitative estimate of drug-likeness (QED) is 0.798. The largest absolute Gasteiger partial charge is 0.391 e. The molecule has 1 N–H and O–H groups in total. The molecule has 0 aliphatic carbocycles. The number of rotatable bonds is 3. The second-order valence-electron chi connectivity index (χ2n) is 4.06. The maximum absolute atomic E-state index is 11.7. The Morgan fingerprint density at radius 2 is 2.12 bits per heavy atom. The molecule has 1 aliphatic rings. The first kappa shape index (κ1) is 11.8. The third-order valence-electron chi connectivity index (χ3n) is 2.82. The molecule has 0 radical (unpaired) electrons. The van der Waals surface area contributed by atoms with Crippen LogP contribution in [0.15, 0.2) is 43.0 Å². The molecule has 0 aromatic heterocycles. The van der Waals surface area contributed by atoms with Gasteiger partial charge in [-0.25, -0.2) is 4.79 Å². The van der Waals surface area contributed by atoms with Crippen molar-refractivity contribution in [2.45, 2.75) is 6.10 Å². The Bertz CT molecular complexity index is 404. The van der Waals surface area contributed by atoms with Crippen LogP contribution in [0.4, 0.5) is 0 Å². The number of hydrogen-bond donors (Lipinski definition) is 1. The van der Waals surface area contributed by atoms with Gasteiger partial charge in [-0.05, 0) is 12.1 Å². The zero-order valence-electron chi connectivity index (χ0n) is 9.45. The van der Waals surface area contributed by atoms with Crippen molar-refractivity contribution in [3.05, 3.63) is 48.6 Å². The molecule has 17 heavy (non-hydrogen) atoms. The lowest BCUT2D eigenvalue weighted by Gasteiger charge is -2.14. The van der Waals surface area contributed by atoms with Gasteiger partial charge in [0.1, 0.15) is 0 Å². The maximum Gasteiger partial charge on any atom is 0.357 e. The van der Waals surface area contributed by atoms with Crippen LogP contribution in [-0.2, 0) is 4.84 Å². The molecule has 1 heterocycles. The molecule has 4 nitrogen and oxygen atoms in total. The number of carbonyl (C=O) groups excluding carboxylic acids is 1. The highest BCUT2D eigenvalue weighted by Crippen LogP contribution is 2.18. The molecule has 1 fully saturated rings. The van der Waals surface area contributed by atoms with E-state index in [0.717, 1.165) is 0 Å². The lowest BCUT2D eigenvalue weighted by Crippen LogP contribution is -2.26. The Morgan fingerprint density at radius 3 is 2.71 bits per heavy atom. The van der Waals surface area contributed by atoms with Gasteiger partial charge in [0.25, 0.3) is 0 Å². The Balaban J connectivity index is 1.95. The second kappa shape index (κ2) is 5.12. The van der Waals surface area contributed by atoms with E-state index in [4.69, 9.17) is 4.84 Å². The van der Waals surface area contributed by atoms with E-state index in [2.05, 4.69) is 6.58 Å². The van der Waals surface area contributed by atoms with Gasteiger partial charge in [-0.1, -0.05) is 24.3 Å². The molecule has 0 saturated carbocycles. The molecule has 2 rings (SSSR count). The number of nitrogens with zero attached hydrogens (tertiary/aromatic N) is 1. The van der Waals surface area contributed by atoms with Gasteiger partial charge in [-0.3, -0.25) is 0 Å². The van der Waals surface area contributed by atoms with Crippen molar-refractivity contribution < 1.29 is 14.7 Å². The minimum atomic E-state index is -0.518. The number of β-amino-alcohol motifs (C(OH)–C–C–N with tert-alkyl or cyclic N) is 1. The summed E-state index contributed by atoms with van der Waals surface area (Å²) in [5.41, 5.74) is 0.504. The van der Waals surface area contributed by atoms with Crippen molar-refractivity contribution in [2.24, 2.45) is 5.92 Å². The van der Waals surface area contributed by atoms with Gasteiger partial charge in [-0.15, -0.1) is 11.6 Å². The second-order valence-corrected chi connectivity index (χ2v) is 4.06. The summed E-state index contributed by atoms with van der Waals surface area (Å²) in [6.45, 7) is 4.46. The topological polar surface area (TPSA) is 49.8 Å². The van der Waals surface area contributed by atoms with Crippen molar-refractivity contribution in [1.29, 1.82) is 0 Å². The van der Waals surface area contributed by atoms with E-state index in [1.165, 1.54) is 5.06 Å². The van der Waals surface area contributed by atoms with E-state index in [-0.39, 0.29) is 5.92 Å². The van der Waals surface area contributed by atoms with Gasteiger partial charge in [0, 0.05) is 12.5 Å². The summed E-state index contributed by atoms with van der Waals surface area (Å²) in [6.07, 6.45) is 1.16. The van der Waals surface area contributed by atoms with E-state index in [9.17, 15) is 9.90 Å². The number of hydroxylamine groups is 2. The molecule has 1 aliphatic heterocycles. The smallest absolute Gasteiger partial charge is 0.357 e. The fraction of sp³-hybridized carbons (Fsp3) is 0.308. The van der Waals surface area contributed by atoms with Crippen LogP contribution >= 0.6 is 0 Å². The normalized spacial score (nSPS) is 24.5. The Hall–Kier alpha value is -1.65. The fourth-order valence-electron chi connectivity index (χ4n) is 1.83. The Labute approximate surface area is 100 Å². The summed E-state index contributed by atoms with van der Waals surface area (Å²) < 4.78 is 0. The van der Waals surface area contributed by atoms with Crippen molar-refractivity contribution in [3.8, 4) is 0 Å². The summed E-state index contributed by atoms with van der Waals surface area (Å²) in [5.74, 6) is -0.443. The standard InChI is InChI=1S/C13H15NO3/c1-2-10-8-14(9-12(10)15)17-13(16)11-6-4-3-5-7-11/h2-7,10,12,15H,1,8-9H2/t10-,12-/m0/s1. The molecule has 0 unspecified atom stereocenters. The van der Waals surface area contributed by atoms with E-state index in [1.807, 2.05) is 6.07 Å². The summed E-state index contributed by atoms with van der Waals surface area (Å²) in [6, 6.07) is 8.79. The Morgan fingerprint density at radius 1 is 1.41 bits per heavy atom. The SMILES string of the molecule is C=C[C@H]1CN(OC(=O)c2ccccc2)C[C@@H]1O. The van der Waals surface area contributed by atoms with Crippen LogP contribution < -0.4 is 0 Å². The predicted molar refractivity (Wildman–Crippen MR) is 63.1 cm³/mol. The van der Waals surface area contributed by atoms with Crippen molar-refractivity contribution in [1.82, 2.24) is 5.06 Å². The molecular formula is C13H15NO3. The molecule has 0 spiro atoms. The minimum Gasteiger partial charge on any atom is -0.391 e. The van der Waals surface area contributed by atoms with Gasteiger partial charge in [0.2, 0.25) is 0 Å². The van der Waals surface area contributed by atoms with Crippen LogP contribution in [-0.4, -0.2) is 35.3 Å². The van der Waals surface area contributed by atoms with Gasteiger partial charge >= 0.3 is 5.97 Å². The highest BCUT2D eigenvalue weighted by molar-refractivity contribution is 5.89. The summed E-state index contributed by atoms with van der Waals surface area (Å²) in [5, 5.41) is 11.1. The first-order valence-electron chi connectivity index (χ1n) is 5.53. The fourth-order valence-corrected chi connectivity index (χ4v) is 1.83. The van der Waals surface area contributed by atoms with Crippen LogP contribution in [0.25, 0.3) is 0 Å². The van der Waals surface area contributed by atoms with Gasteiger partial charge in [0.15, 0.2) is 0 Å². The zero-order chi connectivity index (χ0) is 12.3. The first-order chi connectivity index (χ1) is 8.20. The minimum absolute atomic E-state index is 0.0430. The lowest BCUT2D eigenvalue weighted by molar-refractivity contribution is -0.0987. The molecule has 1 saturated heterocycles. The molecule has 90 valence electrons. The van der Waals surface area contributed by atoms with Crippen molar-refractivity contribution in [3.63, 3.8) is 0 Å². The number of carbonyl (C=O) groups is 1. The molecule has 1 aromatic rings. The molecule has 0 amide bonds. The highest BCUT2D eigenvalue weighted by Gasteiger charge is 2.31. The first-order valence-corrected chi connectivity index (χ1v) is 5.53. The molecule has 4 heteroatoms. The van der Waals surface area contributed by atoms with E-state index in [1.54, 1.807) is 30.3 Å². The number of benzene rings is 1. The average molecular weight is 233 g/mol. The van der Waals surface area contributed by atoms with Crippen LogP contribution in [0, 0.1) is 5.92 Å². The van der Waals surface area contributed by atoms with Crippen LogP contribution in [0.1, 0.15) is 10.4 Å². The van der Waals surface area contributed by atoms with E-state index >= 15 is 0 Å². The van der Waals surface area contributed by atoms with Crippen LogP contribution in [0.3, 0.4) is 0 Å². The Kier molecular flexibility index (Phi) is 3.56. The van der Waals surface area contributed by atoms with Gasteiger partial charge < -0.3 is 9.94 Å². The highest BCUT2D eigenvalue weighted by atomic mass is 16.7. The molecule has 0 bridgehead atoms. The van der Waals surface area contributed by atoms with Crippen molar-refractivity contribution >= 4 is 5.97 Å². The zero-order valence-corrected chi connectivity index (χ0v) is 9.45. The van der Waals surface area contributed by atoms with E-state index in [0.29, 0.717) is 18.7 Å². The van der Waals surface area contributed by atoms with Crippen molar-refractivity contribution in [2.75, 3.05) is 13.1 Å². The third-order valence-corrected chi connectivity index (χ3v) is 2.82. The maximum atomic E-state index is 11.7. The molecular weight excluding hydrogens is 218 g/mol. The monoisotopic (exact) mass is 233 g/mol. The lowest BCUT2D eigenvalue weighted by atomic mass is 10.1. The third kappa shape index (κ3) is 2.72. The summed E-state index contributed by atoms with van der Waals surface area (Å²) in [4.78, 5) is 16.9. The molecule has 1 aromatic carbocycles. The number of aliphatic hydroxyl groups is 1. The number of hydrogen-bond acceptors (Lipinski definition) is 4. The predicted octanol–water partition coefficient (Wildman–Crippen LogP) is 1.24. The number of aliphatic hydroxyl groups excluding tert-OH is 1. The van der Waals surface area contributed by atoms with E-state index < -0.39 is 12.1 Å². The summed E-state index contributed by atoms with van der Waals surface area (Å²) in [7, 11) is 0. The summed E-state index contributed by atoms with van der Waals surface area (Å²) >= 11 is 0. The van der Waals surface area contributed by atoms with Gasteiger partial charge in [0.05, 0.1) is 18.2 Å². The molecule has 2 atom stereocenters.